The molecule has 152 valence electrons. The Balaban J connectivity index is 1.62. The molecule has 0 fully saturated rings. The summed E-state index contributed by atoms with van der Waals surface area (Å²) in [7, 11) is 0. The maximum atomic E-state index is 12.9. The maximum absolute atomic E-state index is 12.9. The average Bonchev–Trinajstić information content (AvgIpc) is 3.13. The van der Waals surface area contributed by atoms with Crippen molar-refractivity contribution in [1.29, 1.82) is 0 Å². The first-order valence-corrected chi connectivity index (χ1v) is 9.46. The van der Waals surface area contributed by atoms with Gasteiger partial charge < -0.3 is 4.90 Å². The standard InChI is InChI=1S/C18H18ClF2N7O/c1-10(11-3-2-5-22-12(11)7-16(20)21)28-14-4-6-27(9-13(14)24-26-28)15-8-23-25-18(29)17(15)19/h2-3,5,8,10,16H,4,6-7,9H2,1H3,(H,25,29)/t10-/m0/s1. The van der Waals surface area contributed by atoms with Crippen molar-refractivity contribution in [3.8, 4) is 0 Å². The Labute approximate surface area is 169 Å². The molecule has 1 N–H and O–H groups in total. The smallest absolute Gasteiger partial charge is 0.285 e. The van der Waals surface area contributed by atoms with Crippen LogP contribution in [0.2, 0.25) is 5.02 Å². The summed E-state index contributed by atoms with van der Waals surface area (Å²) in [6, 6.07) is 3.23. The molecule has 0 radical (unpaired) electrons. The number of anilines is 1. The first-order chi connectivity index (χ1) is 14.0. The minimum atomic E-state index is -2.47. The molecule has 11 heteroatoms. The van der Waals surface area contributed by atoms with Crippen molar-refractivity contribution in [3.05, 3.63) is 62.5 Å². The van der Waals surface area contributed by atoms with E-state index >= 15 is 0 Å². The fraction of sp³-hybridized carbons (Fsp3) is 0.389. The zero-order chi connectivity index (χ0) is 20.5. The Hall–Kier alpha value is -2.88. The molecule has 4 heterocycles. The summed E-state index contributed by atoms with van der Waals surface area (Å²) < 4.78 is 27.6. The molecule has 0 saturated heterocycles. The van der Waals surface area contributed by atoms with E-state index < -0.39 is 18.4 Å². The molecule has 0 saturated carbocycles. The number of nitrogens with one attached hydrogen (secondary N) is 1. The van der Waals surface area contributed by atoms with Crippen molar-refractivity contribution in [1.82, 2.24) is 30.2 Å². The highest BCUT2D eigenvalue weighted by atomic mass is 35.5. The summed E-state index contributed by atoms with van der Waals surface area (Å²) in [5.41, 5.74) is 2.82. The molecule has 8 nitrogen and oxygen atoms in total. The molecular formula is C18H18ClF2N7O. The highest BCUT2D eigenvalue weighted by Gasteiger charge is 2.27. The van der Waals surface area contributed by atoms with E-state index in [2.05, 4.69) is 25.5 Å². The van der Waals surface area contributed by atoms with Gasteiger partial charge in [0.05, 0.1) is 42.3 Å². The molecule has 0 unspecified atom stereocenters. The molecule has 3 aromatic heterocycles. The number of rotatable bonds is 5. The van der Waals surface area contributed by atoms with E-state index in [1.165, 1.54) is 12.4 Å². The first-order valence-electron chi connectivity index (χ1n) is 9.08. The predicted octanol–water partition coefficient (Wildman–Crippen LogP) is 2.39. The zero-order valence-corrected chi connectivity index (χ0v) is 16.3. The van der Waals surface area contributed by atoms with Gasteiger partial charge in [0.1, 0.15) is 10.7 Å². The molecule has 3 aromatic rings. The number of hydrogen-bond donors (Lipinski definition) is 1. The van der Waals surface area contributed by atoms with Crippen LogP contribution in [0, 0.1) is 0 Å². The number of fused-ring (bicyclic) bond motifs is 1. The van der Waals surface area contributed by atoms with E-state index in [0.717, 1.165) is 11.4 Å². The lowest BCUT2D eigenvalue weighted by molar-refractivity contribution is 0.147. The molecule has 1 aliphatic rings. The van der Waals surface area contributed by atoms with Crippen LogP contribution in [0.15, 0.2) is 29.3 Å². The lowest BCUT2D eigenvalue weighted by Crippen LogP contribution is -2.33. The van der Waals surface area contributed by atoms with Gasteiger partial charge in [0, 0.05) is 19.2 Å². The molecule has 0 aliphatic carbocycles. The predicted molar refractivity (Wildman–Crippen MR) is 102 cm³/mol. The Bertz CT molecular complexity index is 1080. The van der Waals surface area contributed by atoms with Gasteiger partial charge in [0.15, 0.2) is 0 Å². The SMILES string of the molecule is C[C@@H](c1cccnc1CC(F)F)n1nnc2c1CCN(c1cn[nH]c(=O)c1Cl)C2. The topological polar surface area (TPSA) is 92.6 Å². The van der Waals surface area contributed by atoms with E-state index in [1.807, 2.05) is 11.8 Å². The highest BCUT2D eigenvalue weighted by molar-refractivity contribution is 6.32. The van der Waals surface area contributed by atoms with Crippen molar-refractivity contribution < 1.29 is 8.78 Å². The van der Waals surface area contributed by atoms with E-state index in [-0.39, 0.29) is 11.1 Å². The van der Waals surface area contributed by atoms with Crippen molar-refractivity contribution in [2.24, 2.45) is 0 Å². The van der Waals surface area contributed by atoms with E-state index in [9.17, 15) is 13.6 Å². The van der Waals surface area contributed by atoms with Gasteiger partial charge in [0.25, 0.3) is 5.56 Å². The van der Waals surface area contributed by atoms with Crippen LogP contribution in [0.5, 0.6) is 0 Å². The molecular weight excluding hydrogens is 404 g/mol. The molecule has 0 aromatic carbocycles. The van der Waals surface area contributed by atoms with Gasteiger partial charge in [-0.15, -0.1) is 5.10 Å². The number of pyridine rings is 1. The van der Waals surface area contributed by atoms with E-state index in [0.29, 0.717) is 36.5 Å². The maximum Gasteiger partial charge on any atom is 0.285 e. The first kappa shape index (κ1) is 19.4. The molecule has 4 rings (SSSR count). The van der Waals surface area contributed by atoms with Crippen LogP contribution in [0.25, 0.3) is 0 Å². The highest BCUT2D eigenvalue weighted by Crippen LogP contribution is 2.29. The lowest BCUT2D eigenvalue weighted by Gasteiger charge is -2.29. The third-order valence-electron chi connectivity index (χ3n) is 5.04. The minimum Gasteiger partial charge on any atom is -0.362 e. The average molecular weight is 422 g/mol. The molecule has 1 atom stereocenters. The Kier molecular flexibility index (Phi) is 5.27. The van der Waals surface area contributed by atoms with Gasteiger partial charge in [-0.2, -0.15) is 5.10 Å². The summed E-state index contributed by atoms with van der Waals surface area (Å²) in [6.45, 7) is 2.91. The summed E-state index contributed by atoms with van der Waals surface area (Å²) in [6.07, 6.45) is 0.761. The summed E-state index contributed by atoms with van der Waals surface area (Å²) in [5, 5.41) is 14.7. The molecule has 0 amide bonds. The van der Waals surface area contributed by atoms with Crippen LogP contribution < -0.4 is 10.5 Å². The van der Waals surface area contributed by atoms with Gasteiger partial charge in [0.2, 0.25) is 6.43 Å². The van der Waals surface area contributed by atoms with Gasteiger partial charge in [-0.05, 0) is 18.6 Å². The normalized spacial score (nSPS) is 14.9. The van der Waals surface area contributed by atoms with E-state index in [1.54, 1.807) is 16.8 Å². The largest absolute Gasteiger partial charge is 0.362 e. The van der Waals surface area contributed by atoms with Gasteiger partial charge in [-0.1, -0.05) is 22.9 Å². The van der Waals surface area contributed by atoms with Gasteiger partial charge >= 0.3 is 0 Å². The number of alkyl halides is 2. The second-order valence-corrected chi connectivity index (χ2v) is 7.19. The second-order valence-electron chi connectivity index (χ2n) is 6.81. The number of H-pyrrole nitrogens is 1. The number of nitrogens with zero attached hydrogens (tertiary/aromatic N) is 6. The van der Waals surface area contributed by atoms with Gasteiger partial charge in [-0.25, -0.2) is 18.6 Å². The molecule has 29 heavy (non-hydrogen) atoms. The molecule has 1 aliphatic heterocycles. The number of aromatic nitrogens is 6. The number of hydrogen-bond acceptors (Lipinski definition) is 6. The lowest BCUT2D eigenvalue weighted by atomic mass is 10.0. The molecule has 0 bridgehead atoms. The van der Waals surface area contributed by atoms with Crippen LogP contribution in [0.3, 0.4) is 0 Å². The fourth-order valence-electron chi connectivity index (χ4n) is 3.62. The van der Waals surface area contributed by atoms with Crippen LogP contribution in [-0.2, 0) is 19.4 Å². The van der Waals surface area contributed by atoms with Crippen LogP contribution >= 0.6 is 11.6 Å². The number of halogens is 3. The zero-order valence-electron chi connectivity index (χ0n) is 15.5. The van der Waals surface area contributed by atoms with Crippen molar-refractivity contribution in [2.75, 3.05) is 11.4 Å². The van der Waals surface area contributed by atoms with Crippen LogP contribution in [-0.4, -0.2) is 43.1 Å². The van der Waals surface area contributed by atoms with Crippen molar-refractivity contribution in [3.63, 3.8) is 0 Å². The van der Waals surface area contributed by atoms with E-state index in [4.69, 9.17) is 11.6 Å². The van der Waals surface area contributed by atoms with Crippen molar-refractivity contribution >= 4 is 17.3 Å². The minimum absolute atomic E-state index is 0.0798. The Morgan fingerprint density at radius 3 is 3.00 bits per heavy atom. The summed E-state index contributed by atoms with van der Waals surface area (Å²) in [4.78, 5) is 17.8. The number of aromatic amines is 1. The second kappa shape index (κ2) is 7.86. The van der Waals surface area contributed by atoms with Crippen LogP contribution in [0.4, 0.5) is 14.5 Å². The fourth-order valence-corrected chi connectivity index (χ4v) is 3.83. The molecule has 0 spiro atoms. The quantitative estimate of drug-likeness (QED) is 0.680. The van der Waals surface area contributed by atoms with Crippen LogP contribution in [0.1, 0.15) is 35.6 Å². The monoisotopic (exact) mass is 421 g/mol. The third-order valence-corrected chi connectivity index (χ3v) is 5.40. The van der Waals surface area contributed by atoms with Gasteiger partial charge in [-0.3, -0.25) is 9.78 Å². The summed E-state index contributed by atoms with van der Waals surface area (Å²) >= 11 is 6.11. The Morgan fingerprint density at radius 1 is 1.38 bits per heavy atom. The third kappa shape index (κ3) is 3.71. The Morgan fingerprint density at radius 2 is 2.21 bits per heavy atom. The van der Waals surface area contributed by atoms with Crippen molar-refractivity contribution in [2.45, 2.75) is 38.8 Å². The summed E-state index contributed by atoms with van der Waals surface area (Å²) in [5.74, 6) is 0.